The van der Waals surface area contributed by atoms with Crippen molar-refractivity contribution in [3.05, 3.63) is 109 Å². The Morgan fingerprint density at radius 3 is 1.41 bits per heavy atom. The fourth-order valence-electron chi connectivity index (χ4n) is 4.74. The summed E-state index contributed by atoms with van der Waals surface area (Å²) in [5.74, 6) is 1.53. The van der Waals surface area contributed by atoms with Crippen LogP contribution >= 0.6 is 0 Å². The van der Waals surface area contributed by atoms with Crippen molar-refractivity contribution in [3.8, 4) is 34.1 Å². The number of benzene rings is 4. The van der Waals surface area contributed by atoms with Crippen LogP contribution in [0.25, 0.3) is 32.9 Å². The third-order valence-electron chi connectivity index (χ3n) is 6.81. The van der Waals surface area contributed by atoms with Crippen molar-refractivity contribution >= 4 is 45.4 Å². The van der Waals surface area contributed by atoms with Crippen molar-refractivity contribution in [2.24, 2.45) is 0 Å². The molecule has 0 saturated carbocycles. The molecule has 0 fully saturated rings. The minimum absolute atomic E-state index is 0.342. The summed E-state index contributed by atoms with van der Waals surface area (Å²) < 4.78 is 22.2. The predicted octanol–water partition coefficient (Wildman–Crippen LogP) is 7.69. The van der Waals surface area contributed by atoms with Crippen LogP contribution in [0.5, 0.6) is 23.0 Å². The molecule has 0 aliphatic carbocycles. The van der Waals surface area contributed by atoms with E-state index in [9.17, 15) is 9.59 Å². The van der Waals surface area contributed by atoms with Gasteiger partial charge in [0.15, 0.2) is 11.5 Å². The summed E-state index contributed by atoms with van der Waals surface area (Å²) in [5, 5.41) is 7.18. The molecule has 0 aliphatic rings. The molecule has 6 aromatic rings. The Hall–Kier alpha value is -6.16. The van der Waals surface area contributed by atoms with E-state index >= 15 is 0 Å². The van der Waals surface area contributed by atoms with Gasteiger partial charge >= 0.3 is 12.2 Å². The van der Waals surface area contributed by atoms with E-state index in [2.05, 4.69) is 20.6 Å². The summed E-state index contributed by atoms with van der Waals surface area (Å²) in [7, 11) is 3.02. The van der Waals surface area contributed by atoms with Crippen molar-refractivity contribution in [1.29, 1.82) is 0 Å². The van der Waals surface area contributed by atoms with Crippen LogP contribution in [0.1, 0.15) is 0 Å². The third kappa shape index (κ3) is 5.90. The maximum atomic E-state index is 12.8. The number of aromatic nitrogens is 2. The van der Waals surface area contributed by atoms with Crippen LogP contribution in [0.3, 0.4) is 0 Å². The molecular formula is C34H26N4O6. The van der Waals surface area contributed by atoms with E-state index in [1.807, 2.05) is 48.5 Å². The molecule has 2 N–H and O–H groups in total. The number of nitrogens with one attached hydrogen (secondary N) is 2. The van der Waals surface area contributed by atoms with Gasteiger partial charge in [-0.15, -0.1) is 0 Å². The average molecular weight is 587 g/mol. The second-order valence-electron chi connectivity index (χ2n) is 9.52. The number of anilines is 2. The number of carbonyl (C=O) groups is 2. The summed E-state index contributed by atoms with van der Waals surface area (Å²) in [6, 6.07) is 28.8. The number of amides is 2. The summed E-state index contributed by atoms with van der Waals surface area (Å²) in [5.41, 5.74) is 3.58. The first-order valence-electron chi connectivity index (χ1n) is 13.5. The largest absolute Gasteiger partial charge is 0.495 e. The Labute approximate surface area is 252 Å². The Morgan fingerprint density at radius 1 is 0.545 bits per heavy atom. The number of para-hydroxylation sites is 2. The quantitative estimate of drug-likeness (QED) is 0.195. The van der Waals surface area contributed by atoms with Gasteiger partial charge in [-0.25, -0.2) is 9.59 Å². The predicted molar refractivity (Wildman–Crippen MR) is 168 cm³/mol. The molecule has 0 spiro atoms. The van der Waals surface area contributed by atoms with Crippen LogP contribution in [0.4, 0.5) is 21.0 Å². The van der Waals surface area contributed by atoms with Gasteiger partial charge in [0.05, 0.1) is 25.6 Å². The standard InChI is InChI=1S/C34H26N4O6/c1-41-29-19-23(13-15-25(29)37-33(39)43-27-11-3-7-21-9-5-17-35-31(21)27)24-14-16-26(30(20-24)42-2)38-34(40)44-28-12-4-8-22-10-6-18-36-32(22)28/h3-20H,1-2H3,(H,37,39)(H,38,40). The minimum Gasteiger partial charge on any atom is -0.495 e. The third-order valence-corrected chi connectivity index (χ3v) is 6.81. The average Bonchev–Trinajstić information content (AvgIpc) is 3.05. The molecule has 10 heteroatoms. The summed E-state index contributed by atoms with van der Waals surface area (Å²) >= 11 is 0. The highest BCUT2D eigenvalue weighted by atomic mass is 16.6. The molecule has 0 saturated heterocycles. The van der Waals surface area contributed by atoms with Gasteiger partial charge in [0.1, 0.15) is 22.5 Å². The summed E-state index contributed by atoms with van der Waals surface area (Å²) in [6.07, 6.45) is 1.92. The number of methoxy groups -OCH3 is 2. The smallest absolute Gasteiger partial charge is 0.417 e. The number of hydrogen-bond acceptors (Lipinski definition) is 8. The van der Waals surface area contributed by atoms with Gasteiger partial charge in [-0.2, -0.15) is 0 Å². The van der Waals surface area contributed by atoms with E-state index in [4.69, 9.17) is 18.9 Å². The molecule has 0 atom stereocenters. The summed E-state index contributed by atoms with van der Waals surface area (Å²) in [6.45, 7) is 0. The molecule has 6 rings (SSSR count). The number of rotatable bonds is 7. The fourth-order valence-corrected chi connectivity index (χ4v) is 4.74. The lowest BCUT2D eigenvalue weighted by Gasteiger charge is -2.15. The maximum absolute atomic E-state index is 12.8. The molecule has 0 bridgehead atoms. The van der Waals surface area contributed by atoms with Crippen LogP contribution in [-0.2, 0) is 0 Å². The molecule has 2 aromatic heterocycles. The van der Waals surface area contributed by atoms with Crippen molar-refractivity contribution in [1.82, 2.24) is 9.97 Å². The molecule has 0 unspecified atom stereocenters. The monoisotopic (exact) mass is 586 g/mol. The highest BCUT2D eigenvalue weighted by Crippen LogP contribution is 2.35. The van der Waals surface area contributed by atoms with E-state index in [0.29, 0.717) is 45.4 Å². The Bertz CT molecular complexity index is 1860. The second kappa shape index (κ2) is 12.4. The molecule has 0 radical (unpaired) electrons. The maximum Gasteiger partial charge on any atom is 0.417 e. The minimum atomic E-state index is -0.683. The van der Waals surface area contributed by atoms with Gasteiger partial charge < -0.3 is 18.9 Å². The van der Waals surface area contributed by atoms with Crippen LogP contribution in [0, 0.1) is 0 Å². The normalized spacial score (nSPS) is 10.7. The SMILES string of the molecule is COc1cc(-c2ccc(NC(=O)Oc3cccc4cccnc34)c(OC)c2)ccc1NC(=O)Oc1cccc2cccnc12. The Kier molecular flexibility index (Phi) is 7.87. The first-order valence-corrected chi connectivity index (χ1v) is 13.5. The number of carbonyl (C=O) groups excluding carboxylic acids is 2. The lowest BCUT2D eigenvalue weighted by atomic mass is 10.0. The molecule has 218 valence electrons. The van der Waals surface area contributed by atoms with Gasteiger partial charge in [-0.1, -0.05) is 48.5 Å². The zero-order chi connectivity index (χ0) is 30.5. The highest BCUT2D eigenvalue weighted by Gasteiger charge is 2.16. The molecule has 44 heavy (non-hydrogen) atoms. The number of ether oxygens (including phenoxy) is 4. The second-order valence-corrected chi connectivity index (χ2v) is 9.52. The topological polar surface area (TPSA) is 121 Å². The molecule has 2 amide bonds. The van der Waals surface area contributed by atoms with E-state index in [1.54, 1.807) is 60.9 Å². The van der Waals surface area contributed by atoms with Crippen LogP contribution in [0.2, 0.25) is 0 Å². The van der Waals surface area contributed by atoms with Crippen molar-refractivity contribution in [3.63, 3.8) is 0 Å². The molecule has 10 nitrogen and oxygen atoms in total. The highest BCUT2D eigenvalue weighted by molar-refractivity contribution is 5.94. The Balaban J connectivity index is 1.17. The van der Waals surface area contributed by atoms with Crippen molar-refractivity contribution in [2.45, 2.75) is 0 Å². The zero-order valence-corrected chi connectivity index (χ0v) is 23.7. The van der Waals surface area contributed by atoms with E-state index in [0.717, 1.165) is 21.9 Å². The lowest BCUT2D eigenvalue weighted by molar-refractivity contribution is 0.214. The van der Waals surface area contributed by atoms with E-state index < -0.39 is 12.2 Å². The first-order chi connectivity index (χ1) is 21.5. The first kappa shape index (κ1) is 28.0. The molecule has 2 heterocycles. The van der Waals surface area contributed by atoms with Crippen LogP contribution in [0.15, 0.2) is 109 Å². The van der Waals surface area contributed by atoms with Gasteiger partial charge in [-0.05, 0) is 59.7 Å². The fraction of sp³-hybridized carbons (Fsp3) is 0.0588. The van der Waals surface area contributed by atoms with Crippen LogP contribution < -0.4 is 29.6 Å². The lowest BCUT2D eigenvalue weighted by Crippen LogP contribution is -2.17. The van der Waals surface area contributed by atoms with Gasteiger partial charge in [-0.3, -0.25) is 20.6 Å². The molecule has 0 aliphatic heterocycles. The van der Waals surface area contributed by atoms with E-state index in [-0.39, 0.29) is 0 Å². The molecule has 4 aromatic carbocycles. The van der Waals surface area contributed by atoms with Crippen molar-refractivity contribution in [2.75, 3.05) is 24.9 Å². The number of hydrogen-bond donors (Lipinski definition) is 2. The zero-order valence-electron chi connectivity index (χ0n) is 23.7. The number of pyridine rings is 2. The number of nitrogens with zero attached hydrogens (tertiary/aromatic N) is 2. The van der Waals surface area contributed by atoms with E-state index in [1.165, 1.54) is 14.2 Å². The van der Waals surface area contributed by atoms with Crippen LogP contribution in [-0.4, -0.2) is 36.4 Å². The van der Waals surface area contributed by atoms with Crippen molar-refractivity contribution < 1.29 is 28.5 Å². The summed E-state index contributed by atoms with van der Waals surface area (Å²) in [4.78, 5) is 34.1. The van der Waals surface area contributed by atoms with Gasteiger partial charge in [0.25, 0.3) is 0 Å². The van der Waals surface area contributed by atoms with Gasteiger partial charge in [0, 0.05) is 23.2 Å². The Morgan fingerprint density at radius 2 is 0.977 bits per heavy atom. The number of fused-ring (bicyclic) bond motifs is 2. The van der Waals surface area contributed by atoms with Gasteiger partial charge in [0.2, 0.25) is 0 Å². The molecular weight excluding hydrogens is 560 g/mol.